The van der Waals surface area contributed by atoms with Crippen LogP contribution >= 0.6 is 38.9 Å². The van der Waals surface area contributed by atoms with Crippen LogP contribution < -0.4 is 9.62 Å². The van der Waals surface area contributed by atoms with Crippen molar-refractivity contribution < 1.29 is 8.42 Å². The Hall–Kier alpha value is -0.760. The van der Waals surface area contributed by atoms with Gasteiger partial charge in [-0.25, -0.2) is 8.42 Å². The van der Waals surface area contributed by atoms with Crippen molar-refractivity contribution >= 4 is 60.3 Å². The normalized spacial score (nSPS) is 11.5. The summed E-state index contributed by atoms with van der Waals surface area (Å²) in [5, 5.41) is 0.489. The Bertz CT molecular complexity index is 772. The lowest BCUT2D eigenvalue weighted by atomic mass is 10.3. The Morgan fingerprint density at radius 3 is 2.43 bits per heavy atom. The first-order valence-corrected chi connectivity index (χ1v) is 9.43. The van der Waals surface area contributed by atoms with Gasteiger partial charge in [-0.2, -0.15) is 0 Å². The first-order valence-electron chi connectivity index (χ1n) is 5.96. The second-order valence-electron chi connectivity index (χ2n) is 4.64. The van der Waals surface area contributed by atoms with Crippen LogP contribution in [0.4, 0.5) is 11.4 Å². The molecule has 0 aliphatic heterocycles. The highest BCUT2D eigenvalue weighted by atomic mass is 79.9. The van der Waals surface area contributed by atoms with E-state index in [1.165, 1.54) is 11.3 Å². The van der Waals surface area contributed by atoms with E-state index in [4.69, 9.17) is 11.6 Å². The Balaban J connectivity index is 2.33. The minimum absolute atomic E-state index is 0.271. The van der Waals surface area contributed by atoms with Crippen molar-refractivity contribution in [3.8, 4) is 0 Å². The van der Waals surface area contributed by atoms with Gasteiger partial charge in [-0.15, -0.1) is 11.3 Å². The van der Waals surface area contributed by atoms with Gasteiger partial charge in [0.1, 0.15) is 4.90 Å². The van der Waals surface area contributed by atoms with Gasteiger partial charge in [-0.05, 0) is 47.1 Å². The van der Waals surface area contributed by atoms with Crippen LogP contribution in [0.2, 0.25) is 5.02 Å². The topological polar surface area (TPSA) is 49.4 Å². The number of anilines is 2. The molecule has 0 aliphatic rings. The van der Waals surface area contributed by atoms with Gasteiger partial charge in [0.2, 0.25) is 0 Å². The van der Waals surface area contributed by atoms with Crippen LogP contribution in [0, 0.1) is 6.92 Å². The average Bonchev–Trinajstić information content (AvgIpc) is 2.68. The van der Waals surface area contributed by atoms with Crippen LogP contribution in [0.25, 0.3) is 0 Å². The van der Waals surface area contributed by atoms with Crippen LogP contribution in [0.1, 0.15) is 4.88 Å². The van der Waals surface area contributed by atoms with Crippen molar-refractivity contribution in [1.82, 2.24) is 0 Å². The van der Waals surface area contributed by atoms with E-state index in [9.17, 15) is 8.42 Å². The lowest BCUT2D eigenvalue weighted by Crippen LogP contribution is -2.14. The van der Waals surface area contributed by atoms with Gasteiger partial charge in [0.15, 0.2) is 0 Å². The minimum Gasteiger partial charge on any atom is -0.376 e. The molecule has 0 radical (unpaired) electrons. The maximum Gasteiger partial charge on any atom is 0.263 e. The smallest absolute Gasteiger partial charge is 0.263 e. The van der Waals surface area contributed by atoms with Crippen LogP contribution in [0.15, 0.2) is 32.9 Å². The molecule has 114 valence electrons. The van der Waals surface area contributed by atoms with E-state index in [0.717, 1.165) is 14.4 Å². The van der Waals surface area contributed by atoms with E-state index in [1.54, 1.807) is 31.2 Å². The highest BCUT2D eigenvalue weighted by molar-refractivity contribution is 9.11. The van der Waals surface area contributed by atoms with Crippen LogP contribution in [0.3, 0.4) is 0 Å². The third kappa shape index (κ3) is 3.71. The number of hydrogen-bond donors (Lipinski definition) is 1. The Morgan fingerprint density at radius 1 is 1.29 bits per heavy atom. The summed E-state index contributed by atoms with van der Waals surface area (Å²) in [6, 6.07) is 6.66. The Morgan fingerprint density at radius 2 is 1.95 bits per heavy atom. The number of rotatable bonds is 4. The molecule has 21 heavy (non-hydrogen) atoms. The van der Waals surface area contributed by atoms with Gasteiger partial charge in [-0.1, -0.05) is 11.6 Å². The zero-order valence-electron chi connectivity index (χ0n) is 11.6. The van der Waals surface area contributed by atoms with E-state index < -0.39 is 10.0 Å². The number of nitrogens with one attached hydrogen (secondary N) is 1. The molecule has 1 heterocycles. The fourth-order valence-electron chi connectivity index (χ4n) is 1.84. The van der Waals surface area contributed by atoms with Crippen molar-refractivity contribution in [2.75, 3.05) is 23.7 Å². The molecule has 0 aliphatic carbocycles. The molecule has 0 spiro atoms. The molecule has 0 saturated carbocycles. The second kappa shape index (κ2) is 6.16. The maximum absolute atomic E-state index is 12.4. The van der Waals surface area contributed by atoms with Gasteiger partial charge in [0, 0.05) is 19.0 Å². The number of aryl methyl sites for hydroxylation is 1. The Labute approximate surface area is 141 Å². The first kappa shape index (κ1) is 16.6. The molecule has 0 unspecified atom stereocenters. The molecular weight excluding hydrogens is 396 g/mol. The van der Waals surface area contributed by atoms with E-state index in [0.29, 0.717) is 10.7 Å². The third-order valence-corrected chi connectivity index (χ3v) is 6.31. The molecule has 2 rings (SSSR count). The van der Waals surface area contributed by atoms with E-state index in [1.807, 2.05) is 19.0 Å². The van der Waals surface area contributed by atoms with Crippen molar-refractivity contribution in [2.45, 2.75) is 11.8 Å². The van der Waals surface area contributed by atoms with E-state index >= 15 is 0 Å². The van der Waals surface area contributed by atoms with E-state index in [-0.39, 0.29) is 4.90 Å². The minimum atomic E-state index is -3.61. The Kier molecular flexibility index (Phi) is 4.87. The summed E-state index contributed by atoms with van der Waals surface area (Å²) in [6.45, 7) is 1.77. The second-order valence-corrected chi connectivity index (χ2v) is 9.33. The summed E-state index contributed by atoms with van der Waals surface area (Å²) in [6.07, 6.45) is 0. The zero-order chi connectivity index (χ0) is 15.8. The third-order valence-electron chi connectivity index (χ3n) is 2.81. The lowest BCUT2D eigenvalue weighted by molar-refractivity contribution is 0.601. The van der Waals surface area contributed by atoms with Gasteiger partial charge in [0.05, 0.1) is 20.2 Å². The lowest BCUT2D eigenvalue weighted by Gasteiger charge is -2.15. The van der Waals surface area contributed by atoms with Crippen LogP contribution in [-0.2, 0) is 10.0 Å². The molecule has 1 N–H and O–H groups in total. The highest BCUT2D eigenvalue weighted by Gasteiger charge is 2.20. The van der Waals surface area contributed by atoms with Crippen molar-refractivity contribution in [3.05, 3.63) is 38.0 Å². The number of nitrogens with zero attached hydrogens (tertiary/aromatic N) is 1. The number of benzene rings is 1. The summed E-state index contributed by atoms with van der Waals surface area (Å²) in [5.41, 5.74) is 1.27. The molecule has 8 heteroatoms. The van der Waals surface area contributed by atoms with Crippen LogP contribution in [-0.4, -0.2) is 22.5 Å². The van der Waals surface area contributed by atoms with Crippen LogP contribution in [0.5, 0.6) is 0 Å². The first-order chi connectivity index (χ1) is 9.70. The molecule has 0 saturated heterocycles. The molecule has 0 fully saturated rings. The standard InChI is InChI=1S/C13H14BrClN2O2S2/c1-8-12(7-13(14)20-8)21(18,19)16-9-4-5-11(17(2)3)10(15)6-9/h4-7,16H,1-3H3. The molecule has 0 bridgehead atoms. The maximum atomic E-state index is 12.4. The largest absolute Gasteiger partial charge is 0.376 e. The van der Waals surface area contributed by atoms with Gasteiger partial charge < -0.3 is 4.90 Å². The summed E-state index contributed by atoms with van der Waals surface area (Å²) < 4.78 is 28.1. The van der Waals surface area contributed by atoms with E-state index in [2.05, 4.69) is 20.7 Å². The van der Waals surface area contributed by atoms with Gasteiger partial charge in [-0.3, -0.25) is 4.72 Å². The van der Waals surface area contributed by atoms with Gasteiger partial charge in [0.25, 0.3) is 10.0 Å². The quantitative estimate of drug-likeness (QED) is 0.817. The van der Waals surface area contributed by atoms with Crippen molar-refractivity contribution in [2.24, 2.45) is 0 Å². The monoisotopic (exact) mass is 408 g/mol. The van der Waals surface area contributed by atoms with Crippen molar-refractivity contribution in [3.63, 3.8) is 0 Å². The molecule has 0 atom stereocenters. The summed E-state index contributed by atoms with van der Waals surface area (Å²) in [7, 11) is 0.130. The number of halogens is 2. The zero-order valence-corrected chi connectivity index (χ0v) is 15.6. The number of thiophene rings is 1. The predicted octanol–water partition coefficient (Wildman–Crippen LogP) is 4.34. The molecule has 1 aromatic heterocycles. The highest BCUT2D eigenvalue weighted by Crippen LogP contribution is 2.32. The fraction of sp³-hybridized carbons (Fsp3) is 0.231. The van der Waals surface area contributed by atoms with Gasteiger partial charge >= 0.3 is 0 Å². The molecule has 2 aromatic rings. The summed E-state index contributed by atoms with van der Waals surface area (Å²) in [4.78, 5) is 2.86. The molecule has 4 nitrogen and oxygen atoms in total. The number of sulfonamides is 1. The molecular formula is C13H14BrClN2O2S2. The summed E-state index contributed by atoms with van der Waals surface area (Å²) >= 11 is 10.8. The molecule has 1 aromatic carbocycles. The summed E-state index contributed by atoms with van der Waals surface area (Å²) in [5.74, 6) is 0. The SMILES string of the molecule is Cc1sc(Br)cc1S(=O)(=O)Nc1ccc(N(C)C)c(Cl)c1. The van der Waals surface area contributed by atoms with Crippen molar-refractivity contribution in [1.29, 1.82) is 0 Å². The molecule has 0 amide bonds. The number of hydrogen-bond acceptors (Lipinski definition) is 4. The predicted molar refractivity (Wildman–Crippen MR) is 93.3 cm³/mol. The average molecular weight is 410 g/mol. The fourth-order valence-corrected chi connectivity index (χ4v) is 5.66.